The molecule has 2 rings (SSSR count). The van der Waals surface area contributed by atoms with Gasteiger partial charge in [-0.2, -0.15) is 0 Å². The van der Waals surface area contributed by atoms with Crippen molar-refractivity contribution in [2.75, 3.05) is 6.54 Å². The molecule has 1 heterocycles. The third-order valence-corrected chi connectivity index (χ3v) is 4.56. The lowest BCUT2D eigenvalue weighted by Crippen LogP contribution is -2.23. The summed E-state index contributed by atoms with van der Waals surface area (Å²) in [4.78, 5) is 5.99. The van der Waals surface area contributed by atoms with E-state index < -0.39 is 0 Å². The monoisotopic (exact) mass is 274 g/mol. The van der Waals surface area contributed by atoms with Gasteiger partial charge in [0.25, 0.3) is 0 Å². The first-order valence-corrected chi connectivity index (χ1v) is 7.65. The Morgan fingerprint density at radius 3 is 2.53 bits per heavy atom. The van der Waals surface area contributed by atoms with Crippen LogP contribution in [0.4, 0.5) is 0 Å². The van der Waals surface area contributed by atoms with E-state index in [0.29, 0.717) is 6.04 Å². The molecule has 0 spiro atoms. The third-order valence-electron chi connectivity index (χ3n) is 3.47. The van der Waals surface area contributed by atoms with Crippen molar-refractivity contribution in [1.29, 1.82) is 0 Å². The molecule has 0 saturated heterocycles. The van der Waals surface area contributed by atoms with E-state index >= 15 is 0 Å². The SMILES string of the molecule is CCNC(Cc1nc(C)c(C)s1)c1ccccc1C. The molecule has 1 aromatic carbocycles. The molecule has 102 valence electrons. The molecular formula is C16H22N2S. The predicted molar refractivity (Wildman–Crippen MR) is 82.9 cm³/mol. The fourth-order valence-corrected chi connectivity index (χ4v) is 3.30. The maximum absolute atomic E-state index is 4.67. The molecule has 0 fully saturated rings. The number of aromatic nitrogens is 1. The summed E-state index contributed by atoms with van der Waals surface area (Å²) in [6, 6.07) is 8.97. The van der Waals surface area contributed by atoms with E-state index in [-0.39, 0.29) is 0 Å². The smallest absolute Gasteiger partial charge is 0.0949 e. The number of nitrogens with one attached hydrogen (secondary N) is 1. The fraction of sp³-hybridized carbons (Fsp3) is 0.438. The Bertz CT molecular complexity index is 526. The summed E-state index contributed by atoms with van der Waals surface area (Å²) in [5, 5.41) is 4.81. The number of rotatable bonds is 5. The molecule has 0 saturated carbocycles. The van der Waals surface area contributed by atoms with E-state index in [1.165, 1.54) is 26.7 Å². The van der Waals surface area contributed by atoms with Crippen molar-refractivity contribution in [2.24, 2.45) is 0 Å². The molecule has 0 aliphatic carbocycles. The van der Waals surface area contributed by atoms with Crippen molar-refractivity contribution in [3.63, 3.8) is 0 Å². The van der Waals surface area contributed by atoms with Gasteiger partial charge in [0.1, 0.15) is 0 Å². The lowest BCUT2D eigenvalue weighted by Gasteiger charge is -2.19. The number of hydrogen-bond acceptors (Lipinski definition) is 3. The van der Waals surface area contributed by atoms with Gasteiger partial charge in [-0.25, -0.2) is 4.98 Å². The Morgan fingerprint density at radius 2 is 1.95 bits per heavy atom. The van der Waals surface area contributed by atoms with Gasteiger partial charge < -0.3 is 5.32 Å². The second kappa shape index (κ2) is 6.31. The van der Waals surface area contributed by atoms with Gasteiger partial charge in [0.05, 0.1) is 10.7 Å². The van der Waals surface area contributed by atoms with Gasteiger partial charge in [0, 0.05) is 17.3 Å². The second-order valence-corrected chi connectivity index (χ2v) is 6.21. The van der Waals surface area contributed by atoms with Crippen LogP contribution in [0.1, 0.15) is 39.7 Å². The van der Waals surface area contributed by atoms with Crippen LogP contribution >= 0.6 is 11.3 Å². The highest BCUT2D eigenvalue weighted by Gasteiger charge is 2.15. The maximum atomic E-state index is 4.67. The summed E-state index contributed by atoms with van der Waals surface area (Å²) in [5.41, 5.74) is 3.90. The Labute approximate surface area is 119 Å². The van der Waals surface area contributed by atoms with E-state index in [9.17, 15) is 0 Å². The molecule has 0 aliphatic heterocycles. The molecule has 2 nitrogen and oxygen atoms in total. The molecule has 1 atom stereocenters. The van der Waals surface area contributed by atoms with Crippen LogP contribution in [-0.2, 0) is 6.42 Å². The van der Waals surface area contributed by atoms with Crippen LogP contribution in [0.2, 0.25) is 0 Å². The second-order valence-electron chi connectivity index (χ2n) is 4.92. The van der Waals surface area contributed by atoms with Gasteiger partial charge in [-0.05, 0) is 38.4 Å². The Balaban J connectivity index is 2.23. The molecule has 19 heavy (non-hydrogen) atoms. The van der Waals surface area contributed by atoms with Crippen LogP contribution in [0.15, 0.2) is 24.3 Å². The molecular weight excluding hydrogens is 252 g/mol. The minimum atomic E-state index is 0.358. The average molecular weight is 274 g/mol. The van der Waals surface area contributed by atoms with Crippen LogP contribution in [-0.4, -0.2) is 11.5 Å². The van der Waals surface area contributed by atoms with Crippen molar-refractivity contribution in [3.05, 3.63) is 51.0 Å². The van der Waals surface area contributed by atoms with Crippen molar-refractivity contribution >= 4 is 11.3 Å². The van der Waals surface area contributed by atoms with E-state index in [1.807, 2.05) is 11.3 Å². The van der Waals surface area contributed by atoms with Crippen LogP contribution in [0.25, 0.3) is 0 Å². The van der Waals surface area contributed by atoms with Crippen molar-refractivity contribution in [2.45, 2.75) is 40.2 Å². The van der Waals surface area contributed by atoms with Crippen LogP contribution < -0.4 is 5.32 Å². The molecule has 0 radical (unpaired) electrons. The number of benzene rings is 1. The molecule has 0 amide bonds. The number of hydrogen-bond donors (Lipinski definition) is 1. The van der Waals surface area contributed by atoms with Crippen molar-refractivity contribution < 1.29 is 0 Å². The summed E-state index contributed by atoms with van der Waals surface area (Å²) < 4.78 is 0. The Kier molecular flexibility index (Phi) is 4.72. The highest BCUT2D eigenvalue weighted by molar-refractivity contribution is 7.11. The van der Waals surface area contributed by atoms with E-state index in [2.05, 4.69) is 62.3 Å². The minimum Gasteiger partial charge on any atom is -0.310 e. The topological polar surface area (TPSA) is 24.9 Å². The summed E-state index contributed by atoms with van der Waals surface area (Å²) in [5.74, 6) is 0. The summed E-state index contributed by atoms with van der Waals surface area (Å²) in [6.07, 6.45) is 0.970. The fourth-order valence-electron chi connectivity index (χ4n) is 2.32. The van der Waals surface area contributed by atoms with Crippen LogP contribution in [0.5, 0.6) is 0 Å². The quantitative estimate of drug-likeness (QED) is 0.892. The molecule has 1 unspecified atom stereocenters. The first kappa shape index (κ1) is 14.2. The summed E-state index contributed by atoms with van der Waals surface area (Å²) in [6.45, 7) is 9.54. The highest BCUT2D eigenvalue weighted by Crippen LogP contribution is 2.25. The highest BCUT2D eigenvalue weighted by atomic mass is 32.1. The Morgan fingerprint density at radius 1 is 1.21 bits per heavy atom. The summed E-state index contributed by atoms with van der Waals surface area (Å²) in [7, 11) is 0. The first-order chi connectivity index (χ1) is 9.11. The largest absolute Gasteiger partial charge is 0.310 e. The number of thiazole rings is 1. The molecule has 0 aliphatic rings. The maximum Gasteiger partial charge on any atom is 0.0949 e. The summed E-state index contributed by atoms with van der Waals surface area (Å²) >= 11 is 1.82. The van der Waals surface area contributed by atoms with Crippen molar-refractivity contribution in [3.8, 4) is 0 Å². The van der Waals surface area contributed by atoms with E-state index in [0.717, 1.165) is 13.0 Å². The standard InChI is InChI=1S/C16H22N2S/c1-5-17-15(14-9-7-6-8-11(14)2)10-16-18-12(3)13(4)19-16/h6-9,15,17H,5,10H2,1-4H3. The van der Waals surface area contributed by atoms with Gasteiger partial charge in [-0.1, -0.05) is 31.2 Å². The molecule has 1 N–H and O–H groups in total. The lowest BCUT2D eigenvalue weighted by atomic mass is 9.99. The minimum absolute atomic E-state index is 0.358. The molecule has 1 aromatic heterocycles. The molecule has 0 bridgehead atoms. The number of aryl methyl sites for hydroxylation is 3. The Hall–Kier alpha value is -1.19. The number of nitrogens with zero attached hydrogens (tertiary/aromatic N) is 1. The predicted octanol–water partition coefficient (Wildman–Crippen LogP) is 3.96. The zero-order chi connectivity index (χ0) is 13.8. The normalized spacial score (nSPS) is 12.6. The first-order valence-electron chi connectivity index (χ1n) is 6.83. The lowest BCUT2D eigenvalue weighted by molar-refractivity contribution is 0.546. The van der Waals surface area contributed by atoms with Gasteiger partial charge in [-0.15, -0.1) is 11.3 Å². The van der Waals surface area contributed by atoms with Gasteiger partial charge in [0.2, 0.25) is 0 Å². The van der Waals surface area contributed by atoms with E-state index in [1.54, 1.807) is 0 Å². The van der Waals surface area contributed by atoms with Gasteiger partial charge in [-0.3, -0.25) is 0 Å². The van der Waals surface area contributed by atoms with Crippen LogP contribution in [0, 0.1) is 20.8 Å². The third kappa shape index (κ3) is 3.43. The molecule has 2 aromatic rings. The van der Waals surface area contributed by atoms with Crippen molar-refractivity contribution in [1.82, 2.24) is 10.3 Å². The van der Waals surface area contributed by atoms with Gasteiger partial charge in [0.15, 0.2) is 0 Å². The zero-order valence-corrected chi connectivity index (χ0v) is 13.0. The van der Waals surface area contributed by atoms with Gasteiger partial charge >= 0.3 is 0 Å². The average Bonchev–Trinajstić information content (AvgIpc) is 2.68. The molecule has 3 heteroatoms. The van der Waals surface area contributed by atoms with Crippen LogP contribution in [0.3, 0.4) is 0 Å². The zero-order valence-electron chi connectivity index (χ0n) is 12.2. The van der Waals surface area contributed by atoms with E-state index in [4.69, 9.17) is 0 Å². The number of likely N-dealkylation sites (N-methyl/N-ethyl adjacent to an activating group) is 1.